The predicted octanol–water partition coefficient (Wildman–Crippen LogP) is 4.36. The molecular weight excluding hydrogens is 466 g/mol. The maximum absolute atomic E-state index is 14.8. The minimum Gasteiger partial charge on any atom is -0.383 e. The van der Waals surface area contributed by atoms with Crippen molar-refractivity contribution in [2.75, 3.05) is 54.5 Å². The first-order valence-electron chi connectivity index (χ1n) is 11.2. The summed E-state index contributed by atoms with van der Waals surface area (Å²) in [7, 11) is 2.02. The second-order valence-corrected chi connectivity index (χ2v) is 8.31. The van der Waals surface area contributed by atoms with Gasteiger partial charge in [0.25, 0.3) is 0 Å². The molecule has 3 aromatic rings. The molecule has 36 heavy (non-hydrogen) atoms. The Bertz CT molecular complexity index is 1340. The van der Waals surface area contributed by atoms with Crippen LogP contribution in [0.5, 0.6) is 0 Å². The van der Waals surface area contributed by atoms with Crippen molar-refractivity contribution in [3.8, 4) is 11.3 Å². The molecule has 0 saturated carbocycles. The van der Waals surface area contributed by atoms with Gasteiger partial charge in [0.05, 0.1) is 16.9 Å². The highest BCUT2D eigenvalue weighted by atomic mass is 19.1. The number of halogens is 2. The van der Waals surface area contributed by atoms with Crippen LogP contribution in [0.3, 0.4) is 0 Å². The first kappa shape index (κ1) is 24.7. The number of nitrogens with one attached hydrogen (secondary N) is 3. The van der Waals surface area contributed by atoms with Gasteiger partial charge in [-0.15, -0.1) is 0 Å². The summed E-state index contributed by atoms with van der Waals surface area (Å²) in [5.41, 5.74) is 7.56. The van der Waals surface area contributed by atoms with E-state index in [1.165, 1.54) is 24.3 Å². The highest BCUT2D eigenvalue weighted by Gasteiger charge is 2.20. The second kappa shape index (κ2) is 10.5. The van der Waals surface area contributed by atoms with Gasteiger partial charge in [0.1, 0.15) is 17.5 Å². The first-order chi connectivity index (χ1) is 17.3. The maximum Gasteiger partial charge on any atom is 0.247 e. The highest BCUT2D eigenvalue weighted by molar-refractivity contribution is 6.00. The van der Waals surface area contributed by atoms with Gasteiger partial charge in [-0.2, -0.15) is 4.98 Å². The number of aromatic nitrogens is 2. The molecule has 4 rings (SSSR count). The van der Waals surface area contributed by atoms with Crippen LogP contribution in [0.2, 0.25) is 0 Å². The zero-order chi connectivity index (χ0) is 25.8. The number of likely N-dealkylation sites (N-methyl/N-ethyl adjacent to an activating group) is 1. The lowest BCUT2D eigenvalue weighted by atomic mass is 10.1. The highest BCUT2D eigenvalue weighted by Crippen LogP contribution is 2.31. The maximum atomic E-state index is 14.8. The van der Waals surface area contributed by atoms with Crippen LogP contribution in [0.25, 0.3) is 11.3 Å². The molecule has 192 valence electrons. The summed E-state index contributed by atoms with van der Waals surface area (Å²) in [6, 6.07) is 8.53. The molecule has 1 fully saturated rings. The minimum absolute atomic E-state index is 0. The molecule has 2 aromatic carbocycles. The third-order valence-corrected chi connectivity index (χ3v) is 5.84. The normalized spacial score (nSPS) is 13.8. The van der Waals surface area contributed by atoms with E-state index < -0.39 is 11.7 Å². The lowest BCUT2D eigenvalue weighted by Gasteiger charge is -2.34. The Balaban J connectivity index is 0.00000253. The molecule has 1 aliphatic rings. The first-order valence-corrected chi connectivity index (χ1v) is 11.2. The molecule has 0 bridgehead atoms. The smallest absolute Gasteiger partial charge is 0.247 e. The van der Waals surface area contributed by atoms with Gasteiger partial charge in [0.2, 0.25) is 11.9 Å². The fourth-order valence-corrected chi connectivity index (χ4v) is 3.88. The van der Waals surface area contributed by atoms with E-state index in [1.54, 1.807) is 12.1 Å². The number of nitrogens with zero attached hydrogens (tertiary/aromatic N) is 4. The van der Waals surface area contributed by atoms with E-state index in [1.807, 2.05) is 11.9 Å². The average Bonchev–Trinajstić information content (AvgIpc) is 2.86. The number of benzene rings is 2. The number of carbonyl (C=O) groups is 1. The van der Waals surface area contributed by atoms with Gasteiger partial charge in [0, 0.05) is 53.6 Å². The van der Waals surface area contributed by atoms with Crippen LogP contribution < -0.4 is 21.3 Å². The Hall–Kier alpha value is -4.38. The standard InChI is InChI=1S/C25H26F2N8O.3H2/c1-3-22(36)30-15-4-6-19(26)17(12-15)23-18(14-28)24(29)33-25(32-23)31-16-5-7-20(27)21(13-16)35-10-8-34(2)9-11-35;;;/h3-7,12-14,28H,1,8-11H2,2H3,(H,30,36)(H3,29,31,32,33);3*1H. The molecule has 1 saturated heterocycles. The van der Waals surface area contributed by atoms with Crippen molar-refractivity contribution < 1.29 is 17.9 Å². The Morgan fingerprint density at radius 1 is 1.11 bits per heavy atom. The van der Waals surface area contributed by atoms with Crippen molar-refractivity contribution in [2.24, 2.45) is 0 Å². The van der Waals surface area contributed by atoms with Gasteiger partial charge in [-0.25, -0.2) is 13.8 Å². The zero-order valence-corrected chi connectivity index (χ0v) is 19.7. The largest absolute Gasteiger partial charge is 0.383 e. The molecule has 0 atom stereocenters. The van der Waals surface area contributed by atoms with Crippen LogP contribution in [0.1, 0.15) is 9.84 Å². The van der Waals surface area contributed by atoms with E-state index in [0.29, 0.717) is 30.2 Å². The molecule has 9 nitrogen and oxygen atoms in total. The number of amides is 1. The van der Waals surface area contributed by atoms with Crippen molar-refractivity contribution in [3.63, 3.8) is 0 Å². The Morgan fingerprint density at radius 3 is 2.50 bits per heavy atom. The molecule has 0 unspecified atom stereocenters. The topological polar surface area (TPSA) is 123 Å². The Kier molecular flexibility index (Phi) is 7.20. The summed E-state index contributed by atoms with van der Waals surface area (Å²) >= 11 is 0. The summed E-state index contributed by atoms with van der Waals surface area (Å²) in [4.78, 5) is 24.4. The molecule has 1 amide bonds. The molecule has 11 heteroatoms. The average molecular weight is 499 g/mol. The number of hydrogen-bond donors (Lipinski definition) is 4. The van der Waals surface area contributed by atoms with Crippen LogP contribution in [0, 0.1) is 17.0 Å². The van der Waals surface area contributed by atoms with Crippen LogP contribution in [0.4, 0.5) is 37.6 Å². The van der Waals surface area contributed by atoms with Crippen molar-refractivity contribution >= 4 is 41.0 Å². The third-order valence-electron chi connectivity index (χ3n) is 5.84. The summed E-state index contributed by atoms with van der Waals surface area (Å²) in [6.45, 7) is 6.43. The summed E-state index contributed by atoms with van der Waals surface area (Å²) < 4.78 is 29.4. The SMILES string of the molecule is C=CC(=O)Nc1ccc(F)c(-c2nc(Nc3ccc(F)c(N4CCN(C)CC4)c3)nc(N)c2C=N)c1.[HH].[HH].[HH]. The number of nitrogens with two attached hydrogens (primary N) is 1. The molecule has 1 aromatic heterocycles. The van der Waals surface area contributed by atoms with Gasteiger partial charge in [0.15, 0.2) is 0 Å². The number of hydrogen-bond acceptors (Lipinski definition) is 8. The molecule has 5 N–H and O–H groups in total. The van der Waals surface area contributed by atoms with Crippen molar-refractivity contribution in [1.29, 1.82) is 5.41 Å². The number of nitrogen functional groups attached to an aromatic ring is 1. The van der Waals surface area contributed by atoms with Crippen LogP contribution in [-0.2, 0) is 4.79 Å². The van der Waals surface area contributed by atoms with Crippen LogP contribution in [0.15, 0.2) is 49.1 Å². The van der Waals surface area contributed by atoms with E-state index >= 15 is 0 Å². The van der Waals surface area contributed by atoms with Crippen LogP contribution >= 0.6 is 0 Å². The summed E-state index contributed by atoms with van der Waals surface area (Å²) in [6.07, 6.45) is 2.03. The molecule has 0 spiro atoms. The summed E-state index contributed by atoms with van der Waals surface area (Å²) in [5.74, 6) is -1.43. The number of piperazine rings is 1. The van der Waals surface area contributed by atoms with Gasteiger partial charge < -0.3 is 31.6 Å². The third kappa shape index (κ3) is 5.31. The monoisotopic (exact) mass is 498 g/mol. The van der Waals surface area contributed by atoms with Gasteiger partial charge >= 0.3 is 0 Å². The van der Waals surface area contributed by atoms with Gasteiger partial charge in [-0.05, 0) is 49.5 Å². The van der Waals surface area contributed by atoms with Crippen LogP contribution in [-0.4, -0.2) is 60.2 Å². The Morgan fingerprint density at radius 2 is 1.81 bits per heavy atom. The zero-order valence-electron chi connectivity index (χ0n) is 19.7. The molecule has 2 heterocycles. The van der Waals surface area contributed by atoms with E-state index in [4.69, 9.17) is 11.1 Å². The molecule has 0 aliphatic carbocycles. The van der Waals surface area contributed by atoms with E-state index in [0.717, 1.165) is 25.4 Å². The lowest BCUT2D eigenvalue weighted by molar-refractivity contribution is -0.111. The quantitative estimate of drug-likeness (QED) is 0.282. The van der Waals surface area contributed by atoms with E-state index in [2.05, 4.69) is 32.1 Å². The Labute approximate surface area is 211 Å². The fraction of sp³-hybridized carbons (Fsp3) is 0.200. The molecular formula is C25H32F2N8O. The van der Waals surface area contributed by atoms with Crippen molar-refractivity contribution in [2.45, 2.75) is 0 Å². The molecule has 0 radical (unpaired) electrons. The van der Waals surface area contributed by atoms with Crippen molar-refractivity contribution in [1.82, 2.24) is 14.9 Å². The fourth-order valence-electron chi connectivity index (χ4n) is 3.88. The molecule has 1 aliphatic heterocycles. The lowest BCUT2D eigenvalue weighted by Crippen LogP contribution is -2.44. The second-order valence-electron chi connectivity index (χ2n) is 8.31. The van der Waals surface area contributed by atoms with Gasteiger partial charge in [-0.3, -0.25) is 4.79 Å². The van der Waals surface area contributed by atoms with Gasteiger partial charge in [-0.1, -0.05) is 6.58 Å². The van der Waals surface area contributed by atoms with E-state index in [-0.39, 0.29) is 38.7 Å². The minimum atomic E-state index is -0.627. The number of carbonyl (C=O) groups excluding carboxylic acids is 1. The van der Waals surface area contributed by atoms with Crippen molar-refractivity contribution in [3.05, 3.63) is 66.3 Å². The predicted molar refractivity (Wildman–Crippen MR) is 144 cm³/mol. The summed E-state index contributed by atoms with van der Waals surface area (Å²) in [5, 5.41) is 13.3. The van der Waals surface area contributed by atoms with E-state index in [9.17, 15) is 13.6 Å². The number of anilines is 5. The number of rotatable bonds is 7.